The fourth-order valence-corrected chi connectivity index (χ4v) is 1.16. The van der Waals surface area contributed by atoms with E-state index < -0.39 is 6.43 Å². The van der Waals surface area contributed by atoms with Crippen LogP contribution in [-0.4, -0.2) is 13.0 Å². The maximum absolute atomic E-state index is 12.8. The van der Waals surface area contributed by atoms with Crippen LogP contribution in [0.25, 0.3) is 0 Å². The Morgan fingerprint density at radius 2 is 2.07 bits per heavy atom. The largest absolute Gasteiger partial charge is 0.305 e. The summed E-state index contributed by atoms with van der Waals surface area (Å²) in [5, 5.41) is 2.61. The van der Waals surface area contributed by atoms with Crippen LogP contribution in [0.5, 0.6) is 0 Å². The molecule has 0 fully saturated rings. The maximum Gasteiger partial charge on any atom is 0.250 e. The van der Waals surface area contributed by atoms with Crippen LogP contribution in [0.4, 0.5) is 13.2 Å². The van der Waals surface area contributed by atoms with E-state index in [-0.39, 0.29) is 18.4 Å². The standard InChI is InChI=1S/C10H12F3N/c1-7(14-6-10(12)13)8-3-2-4-9(11)5-8/h2-5,7,10,14H,6H2,1H3. The van der Waals surface area contributed by atoms with Crippen molar-refractivity contribution in [3.8, 4) is 0 Å². The highest BCUT2D eigenvalue weighted by Crippen LogP contribution is 2.13. The first-order valence-corrected chi connectivity index (χ1v) is 4.36. The summed E-state index contributed by atoms with van der Waals surface area (Å²) in [6, 6.07) is 5.66. The van der Waals surface area contributed by atoms with Crippen molar-refractivity contribution in [3.63, 3.8) is 0 Å². The lowest BCUT2D eigenvalue weighted by atomic mass is 10.1. The molecule has 0 saturated heterocycles. The Balaban J connectivity index is 2.56. The van der Waals surface area contributed by atoms with Crippen molar-refractivity contribution in [1.29, 1.82) is 0 Å². The van der Waals surface area contributed by atoms with E-state index in [2.05, 4.69) is 5.32 Å². The summed E-state index contributed by atoms with van der Waals surface area (Å²) in [5.41, 5.74) is 0.672. The molecular formula is C10H12F3N. The lowest BCUT2D eigenvalue weighted by molar-refractivity contribution is 0.142. The molecular weight excluding hydrogens is 191 g/mol. The zero-order chi connectivity index (χ0) is 10.6. The van der Waals surface area contributed by atoms with E-state index in [4.69, 9.17) is 0 Å². The SMILES string of the molecule is CC(NCC(F)F)c1cccc(F)c1. The van der Waals surface area contributed by atoms with Crippen LogP contribution in [0.15, 0.2) is 24.3 Å². The Kier molecular flexibility index (Phi) is 3.95. The lowest BCUT2D eigenvalue weighted by Gasteiger charge is -2.13. The van der Waals surface area contributed by atoms with E-state index in [1.54, 1.807) is 19.1 Å². The van der Waals surface area contributed by atoms with Crippen LogP contribution in [-0.2, 0) is 0 Å². The van der Waals surface area contributed by atoms with Gasteiger partial charge in [0.15, 0.2) is 0 Å². The molecule has 0 heterocycles. The van der Waals surface area contributed by atoms with Gasteiger partial charge in [-0.15, -0.1) is 0 Å². The normalized spacial score (nSPS) is 13.2. The molecule has 0 radical (unpaired) electrons. The second-order valence-corrected chi connectivity index (χ2v) is 3.08. The van der Waals surface area contributed by atoms with Crippen LogP contribution < -0.4 is 5.32 Å². The van der Waals surface area contributed by atoms with Crippen molar-refractivity contribution >= 4 is 0 Å². The highest BCUT2D eigenvalue weighted by molar-refractivity contribution is 5.19. The van der Waals surface area contributed by atoms with E-state index in [0.29, 0.717) is 5.56 Å². The van der Waals surface area contributed by atoms with Gasteiger partial charge in [-0.2, -0.15) is 0 Å². The molecule has 14 heavy (non-hydrogen) atoms. The highest BCUT2D eigenvalue weighted by Gasteiger charge is 2.08. The molecule has 4 heteroatoms. The van der Waals surface area contributed by atoms with Gasteiger partial charge >= 0.3 is 0 Å². The third kappa shape index (κ3) is 3.38. The smallest absolute Gasteiger partial charge is 0.250 e. The van der Waals surface area contributed by atoms with Crippen molar-refractivity contribution in [3.05, 3.63) is 35.6 Å². The summed E-state index contributed by atoms with van der Waals surface area (Å²) >= 11 is 0. The van der Waals surface area contributed by atoms with Gasteiger partial charge in [0.1, 0.15) is 5.82 Å². The molecule has 1 unspecified atom stereocenters. The van der Waals surface area contributed by atoms with E-state index in [1.165, 1.54) is 12.1 Å². The molecule has 0 aliphatic carbocycles. The highest BCUT2D eigenvalue weighted by atomic mass is 19.3. The molecule has 0 aliphatic heterocycles. The summed E-state index contributed by atoms with van der Waals surface area (Å²) in [6.07, 6.45) is -2.38. The predicted molar refractivity (Wildman–Crippen MR) is 48.8 cm³/mol. The van der Waals surface area contributed by atoms with Gasteiger partial charge in [0.25, 0.3) is 6.43 Å². The van der Waals surface area contributed by atoms with Gasteiger partial charge in [0, 0.05) is 6.04 Å². The zero-order valence-corrected chi connectivity index (χ0v) is 7.81. The molecule has 0 amide bonds. The monoisotopic (exact) mass is 203 g/mol. The molecule has 0 bridgehead atoms. The second-order valence-electron chi connectivity index (χ2n) is 3.08. The van der Waals surface area contributed by atoms with E-state index >= 15 is 0 Å². The summed E-state index contributed by atoms with van der Waals surface area (Å²) < 4.78 is 36.5. The van der Waals surface area contributed by atoms with Crippen LogP contribution >= 0.6 is 0 Å². The van der Waals surface area contributed by atoms with E-state index in [1.807, 2.05) is 0 Å². The fraction of sp³-hybridized carbons (Fsp3) is 0.400. The summed E-state index contributed by atoms with van der Waals surface area (Å²) in [6.45, 7) is 1.34. The average molecular weight is 203 g/mol. The maximum atomic E-state index is 12.8. The molecule has 0 spiro atoms. The Labute approximate surface area is 80.9 Å². The number of halogens is 3. The van der Waals surface area contributed by atoms with Crippen molar-refractivity contribution in [2.75, 3.05) is 6.54 Å². The van der Waals surface area contributed by atoms with E-state index in [0.717, 1.165) is 0 Å². The van der Waals surface area contributed by atoms with Gasteiger partial charge in [-0.3, -0.25) is 0 Å². The van der Waals surface area contributed by atoms with Crippen LogP contribution in [0.1, 0.15) is 18.5 Å². The minimum absolute atomic E-state index is 0.264. The Morgan fingerprint density at radius 3 is 2.64 bits per heavy atom. The topological polar surface area (TPSA) is 12.0 Å². The molecule has 1 atom stereocenters. The van der Waals surface area contributed by atoms with Crippen LogP contribution in [0.2, 0.25) is 0 Å². The van der Waals surface area contributed by atoms with Gasteiger partial charge in [0.05, 0.1) is 6.54 Å². The van der Waals surface area contributed by atoms with Gasteiger partial charge < -0.3 is 5.32 Å². The second kappa shape index (κ2) is 5.00. The van der Waals surface area contributed by atoms with Crippen LogP contribution in [0.3, 0.4) is 0 Å². The minimum atomic E-state index is -2.38. The molecule has 0 aromatic heterocycles. The zero-order valence-electron chi connectivity index (χ0n) is 7.81. The van der Waals surface area contributed by atoms with E-state index in [9.17, 15) is 13.2 Å². The quantitative estimate of drug-likeness (QED) is 0.793. The molecule has 0 aliphatic rings. The summed E-state index contributed by atoms with van der Waals surface area (Å²) in [4.78, 5) is 0. The van der Waals surface area contributed by atoms with Crippen molar-refractivity contribution in [1.82, 2.24) is 5.32 Å². The van der Waals surface area contributed by atoms with Gasteiger partial charge in [-0.25, -0.2) is 13.2 Å². The number of rotatable bonds is 4. The number of hydrogen-bond acceptors (Lipinski definition) is 1. The molecule has 78 valence electrons. The first-order valence-electron chi connectivity index (χ1n) is 4.36. The van der Waals surface area contributed by atoms with Gasteiger partial charge in [-0.1, -0.05) is 12.1 Å². The molecule has 1 N–H and O–H groups in total. The molecule has 1 nitrogen and oxygen atoms in total. The number of hydrogen-bond donors (Lipinski definition) is 1. The lowest BCUT2D eigenvalue weighted by Crippen LogP contribution is -2.24. The van der Waals surface area contributed by atoms with Crippen molar-refractivity contribution in [2.45, 2.75) is 19.4 Å². The van der Waals surface area contributed by atoms with Crippen molar-refractivity contribution in [2.24, 2.45) is 0 Å². The summed E-state index contributed by atoms with van der Waals surface area (Å²) in [5.74, 6) is -0.354. The molecule has 1 aromatic rings. The third-order valence-corrected chi connectivity index (χ3v) is 1.93. The first kappa shape index (κ1) is 11.0. The van der Waals surface area contributed by atoms with Crippen LogP contribution in [0, 0.1) is 5.82 Å². The number of alkyl halides is 2. The number of benzene rings is 1. The Hall–Kier alpha value is -1.03. The van der Waals surface area contributed by atoms with Gasteiger partial charge in [0.2, 0.25) is 0 Å². The third-order valence-electron chi connectivity index (χ3n) is 1.93. The number of nitrogens with one attached hydrogen (secondary N) is 1. The minimum Gasteiger partial charge on any atom is -0.305 e. The summed E-state index contributed by atoms with van der Waals surface area (Å²) in [7, 11) is 0. The molecule has 0 saturated carbocycles. The Morgan fingerprint density at radius 1 is 1.36 bits per heavy atom. The fourth-order valence-electron chi connectivity index (χ4n) is 1.16. The van der Waals surface area contributed by atoms with Gasteiger partial charge in [-0.05, 0) is 24.6 Å². The predicted octanol–water partition coefficient (Wildman–Crippen LogP) is 2.74. The molecule has 1 rings (SSSR count). The first-order chi connectivity index (χ1) is 6.59. The Bertz CT molecular complexity index is 288. The molecule has 1 aromatic carbocycles. The van der Waals surface area contributed by atoms with Crippen molar-refractivity contribution < 1.29 is 13.2 Å². The average Bonchev–Trinajstić information content (AvgIpc) is 2.14.